The van der Waals surface area contributed by atoms with Gasteiger partial charge in [0, 0.05) is 11.3 Å². The molecule has 2 N–H and O–H groups in total. The van der Waals surface area contributed by atoms with E-state index in [1.54, 1.807) is 11.3 Å². The maximum Gasteiger partial charge on any atom is 0.220 e. The molecule has 1 aliphatic heterocycles. The molecule has 1 aliphatic rings. The van der Waals surface area contributed by atoms with Gasteiger partial charge in [-0.15, -0.1) is 36.2 Å². The van der Waals surface area contributed by atoms with Crippen LogP contribution in [0, 0.1) is 19.8 Å². The van der Waals surface area contributed by atoms with Gasteiger partial charge in [-0.05, 0) is 45.7 Å². The average molecular weight is 340 g/mol. The molecule has 0 aromatic carbocycles. The highest BCUT2D eigenvalue weighted by molar-refractivity contribution is 7.11. The lowest BCUT2D eigenvalue weighted by molar-refractivity contribution is -0.122. The zero-order valence-electron chi connectivity index (χ0n) is 11.9. The van der Waals surface area contributed by atoms with E-state index in [-0.39, 0.29) is 30.7 Å². The molecule has 4 nitrogen and oxygen atoms in total. The standard InChI is InChI=1S/C13H21N3OS.2ClH/c1-9-12(18-10(2)16-9)8-15-13(17)7-11-3-5-14-6-4-11;;/h11,14H,3-8H2,1-2H3,(H,15,17);2*1H. The van der Waals surface area contributed by atoms with Crippen LogP contribution in [-0.2, 0) is 11.3 Å². The number of halogens is 2. The first-order valence-electron chi connectivity index (χ1n) is 6.55. The minimum absolute atomic E-state index is 0. The Kier molecular flexibility index (Phi) is 9.38. The molecule has 116 valence electrons. The number of nitrogens with one attached hydrogen (secondary N) is 2. The lowest BCUT2D eigenvalue weighted by Gasteiger charge is -2.21. The van der Waals surface area contributed by atoms with Crippen LogP contribution < -0.4 is 10.6 Å². The second kappa shape index (κ2) is 9.55. The minimum atomic E-state index is 0. The first kappa shape index (κ1) is 19.6. The first-order valence-corrected chi connectivity index (χ1v) is 7.37. The van der Waals surface area contributed by atoms with Crippen LogP contribution in [0.15, 0.2) is 0 Å². The third-order valence-electron chi connectivity index (χ3n) is 3.38. The number of aryl methyl sites for hydroxylation is 2. The van der Waals surface area contributed by atoms with Gasteiger partial charge in [0.05, 0.1) is 17.2 Å². The zero-order valence-corrected chi connectivity index (χ0v) is 14.3. The van der Waals surface area contributed by atoms with Crippen molar-refractivity contribution < 1.29 is 4.79 Å². The minimum Gasteiger partial charge on any atom is -0.351 e. The van der Waals surface area contributed by atoms with Crippen molar-refractivity contribution in [2.24, 2.45) is 5.92 Å². The molecule has 0 spiro atoms. The molecule has 0 unspecified atom stereocenters. The predicted octanol–water partition coefficient (Wildman–Crippen LogP) is 2.61. The molecule has 1 amide bonds. The summed E-state index contributed by atoms with van der Waals surface area (Å²) in [6, 6.07) is 0. The van der Waals surface area contributed by atoms with Gasteiger partial charge in [-0.25, -0.2) is 4.98 Å². The number of hydrogen-bond acceptors (Lipinski definition) is 4. The number of piperidine rings is 1. The van der Waals surface area contributed by atoms with Gasteiger partial charge >= 0.3 is 0 Å². The SMILES string of the molecule is Cc1nc(C)c(CNC(=O)CC2CCNCC2)s1.Cl.Cl. The quantitative estimate of drug-likeness (QED) is 0.886. The van der Waals surface area contributed by atoms with E-state index in [4.69, 9.17) is 0 Å². The molecular weight excluding hydrogens is 317 g/mol. The zero-order chi connectivity index (χ0) is 13.0. The van der Waals surface area contributed by atoms with E-state index >= 15 is 0 Å². The monoisotopic (exact) mass is 339 g/mol. The fraction of sp³-hybridized carbons (Fsp3) is 0.692. The molecule has 1 saturated heterocycles. The number of carbonyl (C=O) groups excluding carboxylic acids is 1. The topological polar surface area (TPSA) is 54.0 Å². The summed E-state index contributed by atoms with van der Waals surface area (Å²) < 4.78 is 0. The molecule has 0 saturated carbocycles. The number of hydrogen-bond donors (Lipinski definition) is 2. The van der Waals surface area contributed by atoms with Gasteiger partial charge in [0.25, 0.3) is 0 Å². The maximum atomic E-state index is 11.9. The average Bonchev–Trinajstić information content (AvgIpc) is 2.66. The van der Waals surface area contributed by atoms with E-state index < -0.39 is 0 Å². The summed E-state index contributed by atoms with van der Waals surface area (Å²) in [5.74, 6) is 0.725. The van der Waals surface area contributed by atoms with Crippen LogP contribution in [0.1, 0.15) is 34.8 Å². The molecule has 1 aromatic heterocycles. The highest BCUT2D eigenvalue weighted by Gasteiger charge is 2.16. The van der Waals surface area contributed by atoms with Gasteiger partial charge in [-0.3, -0.25) is 4.79 Å². The van der Waals surface area contributed by atoms with Crippen LogP contribution in [0.25, 0.3) is 0 Å². The van der Waals surface area contributed by atoms with E-state index in [0.717, 1.165) is 36.6 Å². The normalized spacial score (nSPS) is 15.1. The first-order chi connectivity index (χ1) is 8.65. The summed E-state index contributed by atoms with van der Waals surface area (Å²) in [7, 11) is 0. The van der Waals surface area contributed by atoms with Crippen molar-refractivity contribution in [2.75, 3.05) is 13.1 Å². The Balaban J connectivity index is 0.00000180. The third kappa shape index (κ3) is 5.95. The van der Waals surface area contributed by atoms with E-state index in [1.165, 1.54) is 4.88 Å². The van der Waals surface area contributed by atoms with E-state index in [2.05, 4.69) is 15.6 Å². The molecule has 2 rings (SSSR count). The number of nitrogens with zero attached hydrogens (tertiary/aromatic N) is 1. The molecule has 7 heteroatoms. The number of rotatable bonds is 4. The number of amides is 1. The van der Waals surface area contributed by atoms with E-state index in [1.807, 2.05) is 13.8 Å². The summed E-state index contributed by atoms with van der Waals surface area (Å²) in [5, 5.41) is 7.39. The Morgan fingerprint density at radius 2 is 2.00 bits per heavy atom. The van der Waals surface area contributed by atoms with Crippen molar-refractivity contribution in [3.05, 3.63) is 15.6 Å². The van der Waals surface area contributed by atoms with Crippen LogP contribution >= 0.6 is 36.2 Å². The number of carbonyl (C=O) groups is 1. The molecule has 0 atom stereocenters. The summed E-state index contributed by atoms with van der Waals surface area (Å²) >= 11 is 1.67. The fourth-order valence-corrected chi connectivity index (χ4v) is 3.21. The maximum absolute atomic E-state index is 11.9. The van der Waals surface area contributed by atoms with Crippen molar-refractivity contribution in [1.29, 1.82) is 0 Å². The summed E-state index contributed by atoms with van der Waals surface area (Å²) in [4.78, 5) is 17.4. The van der Waals surface area contributed by atoms with Gasteiger partial charge in [-0.2, -0.15) is 0 Å². The van der Waals surface area contributed by atoms with Crippen LogP contribution in [-0.4, -0.2) is 24.0 Å². The highest BCUT2D eigenvalue weighted by atomic mass is 35.5. The lowest BCUT2D eigenvalue weighted by atomic mass is 9.94. The number of aromatic nitrogens is 1. The van der Waals surface area contributed by atoms with Crippen molar-refractivity contribution >= 4 is 42.1 Å². The molecule has 0 aliphatic carbocycles. The predicted molar refractivity (Wildman–Crippen MR) is 88.1 cm³/mol. The van der Waals surface area contributed by atoms with Gasteiger partial charge in [0.2, 0.25) is 5.91 Å². The summed E-state index contributed by atoms with van der Waals surface area (Å²) in [6.45, 7) is 6.72. The molecule has 1 fully saturated rings. The van der Waals surface area contributed by atoms with Crippen LogP contribution in [0.2, 0.25) is 0 Å². The second-order valence-corrected chi connectivity index (χ2v) is 6.20. The molecular formula is C13H23Cl2N3OS. The summed E-state index contributed by atoms with van der Waals surface area (Å²) in [6.07, 6.45) is 2.90. The second-order valence-electron chi connectivity index (χ2n) is 4.92. The van der Waals surface area contributed by atoms with Crippen LogP contribution in [0.4, 0.5) is 0 Å². The van der Waals surface area contributed by atoms with Gasteiger partial charge < -0.3 is 10.6 Å². The van der Waals surface area contributed by atoms with Crippen molar-refractivity contribution in [2.45, 2.75) is 39.7 Å². The van der Waals surface area contributed by atoms with Gasteiger partial charge in [-0.1, -0.05) is 0 Å². The molecule has 0 radical (unpaired) electrons. The fourth-order valence-electron chi connectivity index (χ4n) is 2.34. The Hall–Kier alpha value is -0.360. The Labute approximate surface area is 137 Å². The van der Waals surface area contributed by atoms with Crippen LogP contribution in [0.5, 0.6) is 0 Å². The highest BCUT2D eigenvalue weighted by Crippen LogP contribution is 2.18. The Morgan fingerprint density at radius 1 is 1.35 bits per heavy atom. The Morgan fingerprint density at radius 3 is 2.55 bits per heavy atom. The molecule has 20 heavy (non-hydrogen) atoms. The van der Waals surface area contributed by atoms with Crippen molar-refractivity contribution in [3.63, 3.8) is 0 Å². The molecule has 2 heterocycles. The van der Waals surface area contributed by atoms with E-state index in [0.29, 0.717) is 18.9 Å². The van der Waals surface area contributed by atoms with Gasteiger partial charge in [0.1, 0.15) is 0 Å². The summed E-state index contributed by atoms with van der Waals surface area (Å²) in [5.41, 5.74) is 1.04. The third-order valence-corrected chi connectivity index (χ3v) is 4.45. The van der Waals surface area contributed by atoms with Crippen molar-refractivity contribution in [1.82, 2.24) is 15.6 Å². The van der Waals surface area contributed by atoms with Crippen molar-refractivity contribution in [3.8, 4) is 0 Å². The molecule has 1 aromatic rings. The molecule has 0 bridgehead atoms. The number of thiazole rings is 1. The van der Waals surface area contributed by atoms with E-state index in [9.17, 15) is 4.79 Å². The Bertz CT molecular complexity index is 420. The largest absolute Gasteiger partial charge is 0.351 e. The van der Waals surface area contributed by atoms with Crippen LogP contribution in [0.3, 0.4) is 0 Å². The lowest BCUT2D eigenvalue weighted by Crippen LogP contribution is -2.32. The van der Waals surface area contributed by atoms with Gasteiger partial charge in [0.15, 0.2) is 0 Å². The smallest absolute Gasteiger partial charge is 0.220 e.